The van der Waals surface area contributed by atoms with Gasteiger partial charge >= 0.3 is 11.9 Å². The first kappa shape index (κ1) is 45.9. The fourth-order valence-corrected chi connectivity index (χ4v) is 7.90. The van der Waals surface area contributed by atoms with Gasteiger partial charge in [0.1, 0.15) is 0 Å². The molecule has 0 saturated carbocycles. The average molecular weight is 827 g/mol. The van der Waals surface area contributed by atoms with Crippen LogP contribution >= 0.6 is 0 Å². The van der Waals surface area contributed by atoms with Gasteiger partial charge in [0.15, 0.2) is 0 Å². The molecule has 5 heterocycles. The zero-order chi connectivity index (χ0) is 43.3. The van der Waals surface area contributed by atoms with Crippen LogP contribution in [0.5, 0.6) is 0 Å². The summed E-state index contributed by atoms with van der Waals surface area (Å²) in [5.41, 5.74) is 17.1. The van der Waals surface area contributed by atoms with Crippen LogP contribution in [0.1, 0.15) is 114 Å². The van der Waals surface area contributed by atoms with Gasteiger partial charge in [0.25, 0.3) is 5.91 Å². The zero-order valence-corrected chi connectivity index (χ0v) is 36.3. The molecule has 3 aromatic rings. The Hall–Kier alpha value is -5.15. The Morgan fingerprint density at radius 1 is 0.833 bits per heavy atom. The SMILES string of the molecule is C=CC1=C(C)c2cc3nc(c(CC(=O)OC)c4[nH]c(cc5[nH]c(cc1n2)c(C)c5CC)c(C)c4C(=O)NCCCOCCOCCOCCCN)C(CCC(=O)OC)C3C. The van der Waals surface area contributed by atoms with E-state index in [0.717, 1.165) is 63.2 Å². The van der Waals surface area contributed by atoms with E-state index in [1.165, 1.54) is 14.2 Å². The Kier molecular flexibility index (Phi) is 16.8. The minimum Gasteiger partial charge on any atom is -0.469 e. The number of nitrogens with one attached hydrogen (secondary N) is 3. The number of rotatable bonds is 21. The Morgan fingerprint density at radius 2 is 1.50 bits per heavy atom. The molecule has 3 aromatic heterocycles. The first-order valence-corrected chi connectivity index (χ1v) is 20.9. The number of amides is 1. The van der Waals surface area contributed by atoms with Crippen LogP contribution in [0.2, 0.25) is 0 Å². The molecule has 2 aliphatic heterocycles. The van der Waals surface area contributed by atoms with E-state index in [2.05, 4.69) is 48.7 Å². The highest BCUT2D eigenvalue weighted by atomic mass is 16.5. The number of nitrogens with two attached hydrogens (primary N) is 1. The minimum absolute atomic E-state index is 0.138. The number of fused-ring (bicyclic) bond motifs is 8. The molecule has 2 atom stereocenters. The highest BCUT2D eigenvalue weighted by molar-refractivity contribution is 6.06. The lowest BCUT2D eigenvalue weighted by atomic mass is 9.85. The van der Waals surface area contributed by atoms with Crippen LogP contribution in [0.15, 0.2) is 30.9 Å². The number of H-pyrrole nitrogens is 2. The smallest absolute Gasteiger partial charge is 0.310 e. The summed E-state index contributed by atoms with van der Waals surface area (Å²) in [6.07, 6.45) is 4.35. The van der Waals surface area contributed by atoms with Gasteiger partial charge in [0.2, 0.25) is 0 Å². The van der Waals surface area contributed by atoms with Gasteiger partial charge in [-0.25, -0.2) is 4.98 Å². The second kappa shape index (κ2) is 21.9. The number of allylic oxidation sites excluding steroid dienone is 3. The van der Waals surface area contributed by atoms with Crippen LogP contribution in [0.25, 0.3) is 33.2 Å². The molecule has 1 amide bonds. The van der Waals surface area contributed by atoms with Gasteiger partial charge in [0.05, 0.1) is 75.2 Å². The van der Waals surface area contributed by atoms with Crippen molar-refractivity contribution < 1.29 is 38.1 Å². The molecule has 324 valence electrons. The predicted molar refractivity (Wildman–Crippen MR) is 234 cm³/mol. The van der Waals surface area contributed by atoms with Crippen molar-refractivity contribution in [3.63, 3.8) is 0 Å². The van der Waals surface area contributed by atoms with E-state index in [4.69, 9.17) is 39.4 Å². The Bertz CT molecular complexity index is 2240. The van der Waals surface area contributed by atoms with Crippen LogP contribution in [0.3, 0.4) is 0 Å². The molecule has 2 unspecified atom stereocenters. The normalized spacial score (nSPS) is 15.0. The average Bonchev–Trinajstić information content (AvgIpc) is 3.93. The topological polar surface area (TPSA) is 193 Å². The second-order valence-electron chi connectivity index (χ2n) is 15.1. The molecule has 0 saturated heterocycles. The molecular weight excluding hydrogens is 765 g/mol. The van der Waals surface area contributed by atoms with Crippen molar-refractivity contribution in [3.8, 4) is 0 Å². The summed E-state index contributed by atoms with van der Waals surface area (Å²) >= 11 is 0. The fourth-order valence-electron chi connectivity index (χ4n) is 7.90. The summed E-state index contributed by atoms with van der Waals surface area (Å²) in [6.45, 7) is 18.2. The van der Waals surface area contributed by atoms with E-state index < -0.39 is 5.97 Å². The minimum atomic E-state index is -0.495. The molecule has 8 bridgehead atoms. The summed E-state index contributed by atoms with van der Waals surface area (Å²) in [6, 6.07) is 6.06. The van der Waals surface area contributed by atoms with E-state index in [9.17, 15) is 14.4 Å². The number of aromatic nitrogens is 4. The maximum atomic E-state index is 14.4. The molecule has 60 heavy (non-hydrogen) atoms. The molecule has 2 aliphatic rings. The van der Waals surface area contributed by atoms with Crippen molar-refractivity contribution in [3.05, 3.63) is 81.4 Å². The number of methoxy groups -OCH3 is 2. The first-order chi connectivity index (χ1) is 29.0. The number of hydrogen-bond donors (Lipinski definition) is 4. The lowest BCUT2D eigenvalue weighted by molar-refractivity contribution is -0.141. The molecule has 0 radical (unpaired) electrons. The third-order valence-corrected chi connectivity index (χ3v) is 11.4. The molecule has 0 aliphatic carbocycles. The molecule has 14 nitrogen and oxygen atoms in total. The molecular formula is C46H62N6O8. The summed E-state index contributed by atoms with van der Waals surface area (Å²) in [7, 11) is 2.70. The quantitative estimate of drug-likeness (QED) is 0.0661. The van der Waals surface area contributed by atoms with Crippen LogP contribution in [0.4, 0.5) is 0 Å². The zero-order valence-electron chi connectivity index (χ0n) is 36.3. The molecule has 0 aromatic carbocycles. The number of ether oxygens (including phenoxy) is 5. The third kappa shape index (κ3) is 10.8. The largest absolute Gasteiger partial charge is 0.469 e. The highest BCUT2D eigenvalue weighted by Gasteiger charge is 2.34. The third-order valence-electron chi connectivity index (χ3n) is 11.4. The predicted octanol–water partition coefficient (Wildman–Crippen LogP) is 6.69. The summed E-state index contributed by atoms with van der Waals surface area (Å²) < 4.78 is 27.1. The van der Waals surface area contributed by atoms with Crippen LogP contribution in [0, 0.1) is 13.8 Å². The fraction of sp³-hybridized carbons (Fsp3) is 0.500. The van der Waals surface area contributed by atoms with Crippen molar-refractivity contribution in [2.24, 2.45) is 5.73 Å². The Morgan fingerprint density at radius 3 is 2.15 bits per heavy atom. The Balaban J connectivity index is 1.63. The van der Waals surface area contributed by atoms with Crippen molar-refractivity contribution in [1.82, 2.24) is 25.3 Å². The number of esters is 2. The lowest BCUT2D eigenvalue weighted by Crippen LogP contribution is -2.26. The second-order valence-corrected chi connectivity index (χ2v) is 15.1. The maximum Gasteiger partial charge on any atom is 0.310 e. The van der Waals surface area contributed by atoms with Crippen molar-refractivity contribution in [2.75, 3.05) is 67.0 Å². The van der Waals surface area contributed by atoms with Gasteiger partial charge in [-0.1, -0.05) is 26.5 Å². The summed E-state index contributed by atoms with van der Waals surface area (Å²) in [4.78, 5) is 57.8. The van der Waals surface area contributed by atoms with E-state index >= 15 is 0 Å². The standard InChI is InChI=1S/C46H62N6O8/c1-9-31-27(3)35-24-37-29(5)33(13-14-41(53)56-7)44(51-37)34(23-42(54)57-8)45-43(46(55)48-16-12-18-59-20-22-60-21-19-58-17-11-15-47)30(6)38(52-45)26-40-32(10-2)28(4)36(50-40)25-39(31)49-35/h9,24-26,29,33,50,52H,1,10-23,47H2,2-8H3,(H,48,55). The lowest BCUT2D eigenvalue weighted by Gasteiger charge is -2.18. The molecule has 14 heteroatoms. The number of carbonyl (C=O) groups is 3. The van der Waals surface area contributed by atoms with Gasteiger partial charge in [0, 0.05) is 71.4 Å². The summed E-state index contributed by atoms with van der Waals surface area (Å²) in [5, 5.41) is 3.09. The van der Waals surface area contributed by atoms with Crippen molar-refractivity contribution in [1.29, 1.82) is 0 Å². The van der Waals surface area contributed by atoms with Crippen LogP contribution in [-0.2, 0) is 46.1 Å². The van der Waals surface area contributed by atoms with Crippen molar-refractivity contribution in [2.45, 2.75) is 85.0 Å². The van der Waals surface area contributed by atoms with E-state index in [1.807, 2.05) is 32.1 Å². The molecule has 5 N–H and O–H groups in total. The monoisotopic (exact) mass is 826 g/mol. The van der Waals surface area contributed by atoms with Gasteiger partial charge in [-0.3, -0.25) is 19.4 Å². The number of nitrogens with zero attached hydrogens (tertiary/aromatic N) is 2. The van der Waals surface area contributed by atoms with Crippen LogP contribution < -0.4 is 11.1 Å². The van der Waals surface area contributed by atoms with Crippen LogP contribution in [-0.4, -0.2) is 105 Å². The van der Waals surface area contributed by atoms with Gasteiger partial charge < -0.3 is 44.7 Å². The number of aryl methyl sites for hydroxylation is 3. The molecule has 5 rings (SSSR count). The number of hydrogen-bond acceptors (Lipinski definition) is 11. The molecule has 0 fully saturated rings. The van der Waals surface area contributed by atoms with E-state index in [-0.39, 0.29) is 36.6 Å². The van der Waals surface area contributed by atoms with E-state index in [1.54, 1.807) is 0 Å². The van der Waals surface area contributed by atoms with Crippen molar-refractivity contribution >= 4 is 51.1 Å². The maximum absolute atomic E-state index is 14.4. The van der Waals surface area contributed by atoms with Gasteiger partial charge in [-0.05, 0) is 93.5 Å². The Labute approximate surface area is 352 Å². The first-order valence-electron chi connectivity index (χ1n) is 20.9. The van der Waals surface area contributed by atoms with Gasteiger partial charge in [-0.2, -0.15) is 0 Å². The van der Waals surface area contributed by atoms with E-state index in [0.29, 0.717) is 99.0 Å². The summed E-state index contributed by atoms with van der Waals surface area (Å²) in [5.74, 6) is -1.63. The number of carbonyl (C=O) groups excluding carboxylic acids is 3. The van der Waals surface area contributed by atoms with Gasteiger partial charge in [-0.15, -0.1) is 0 Å². The number of aromatic amines is 2. The molecule has 0 spiro atoms. The highest BCUT2D eigenvalue weighted by Crippen LogP contribution is 2.43.